The standard InChI is InChI=1S/C26H40O6/c1-18(2)21(11-8-9-12-22(19(3)4)26(28)31-7)25(27)20-13-14-23(30-6)24(17-20)32-16-10-15-29-5/h8-9,13-14,17-19,21-22H,10-12,15-16H2,1-7H3. The van der Waals surface area contributed by atoms with Crippen molar-refractivity contribution in [2.24, 2.45) is 23.7 Å². The van der Waals surface area contributed by atoms with Crippen molar-refractivity contribution in [1.82, 2.24) is 0 Å². The lowest BCUT2D eigenvalue weighted by molar-refractivity contribution is -0.146. The number of allylic oxidation sites excluding steroid dienone is 2. The van der Waals surface area contributed by atoms with Gasteiger partial charge in [0.05, 0.1) is 26.7 Å². The van der Waals surface area contributed by atoms with Gasteiger partial charge in [-0.05, 0) is 42.9 Å². The molecule has 0 heterocycles. The third kappa shape index (κ3) is 8.65. The maximum Gasteiger partial charge on any atom is 0.309 e. The van der Waals surface area contributed by atoms with Gasteiger partial charge in [-0.15, -0.1) is 0 Å². The first-order chi connectivity index (χ1) is 15.3. The second-order valence-electron chi connectivity index (χ2n) is 8.59. The zero-order chi connectivity index (χ0) is 24.1. The van der Waals surface area contributed by atoms with Crippen molar-refractivity contribution < 1.29 is 28.5 Å². The monoisotopic (exact) mass is 448 g/mol. The summed E-state index contributed by atoms with van der Waals surface area (Å²) in [6, 6.07) is 5.32. The second kappa shape index (κ2) is 14.7. The number of methoxy groups -OCH3 is 3. The number of benzene rings is 1. The highest BCUT2D eigenvalue weighted by molar-refractivity contribution is 5.98. The highest BCUT2D eigenvalue weighted by Gasteiger charge is 2.24. The van der Waals surface area contributed by atoms with Crippen molar-refractivity contribution in [2.45, 2.75) is 47.0 Å². The number of rotatable bonds is 15. The third-order valence-corrected chi connectivity index (χ3v) is 5.60. The fourth-order valence-corrected chi connectivity index (χ4v) is 3.50. The molecule has 0 radical (unpaired) electrons. The van der Waals surface area contributed by atoms with Gasteiger partial charge in [-0.1, -0.05) is 39.8 Å². The van der Waals surface area contributed by atoms with E-state index in [9.17, 15) is 9.59 Å². The van der Waals surface area contributed by atoms with Crippen LogP contribution in [0.1, 0.15) is 57.3 Å². The molecule has 180 valence electrons. The number of ether oxygens (including phenoxy) is 4. The van der Waals surface area contributed by atoms with Gasteiger partial charge < -0.3 is 18.9 Å². The van der Waals surface area contributed by atoms with Crippen LogP contribution in [0.2, 0.25) is 0 Å². The van der Waals surface area contributed by atoms with Gasteiger partial charge in [0.25, 0.3) is 0 Å². The van der Waals surface area contributed by atoms with Crippen molar-refractivity contribution in [1.29, 1.82) is 0 Å². The molecule has 32 heavy (non-hydrogen) atoms. The van der Waals surface area contributed by atoms with Crippen LogP contribution in [0.25, 0.3) is 0 Å². The topological polar surface area (TPSA) is 71.1 Å². The first-order valence-electron chi connectivity index (χ1n) is 11.3. The minimum absolute atomic E-state index is 0.0717. The lowest BCUT2D eigenvalue weighted by Crippen LogP contribution is -2.21. The molecule has 0 saturated heterocycles. The SMILES string of the molecule is COCCCOc1cc(C(=O)C(CC=CCC(C(=O)OC)C(C)C)C(C)C)ccc1OC. The summed E-state index contributed by atoms with van der Waals surface area (Å²) in [6.07, 6.45) is 5.96. The molecule has 0 saturated carbocycles. The minimum atomic E-state index is -0.197. The van der Waals surface area contributed by atoms with Crippen molar-refractivity contribution in [3.8, 4) is 11.5 Å². The Bertz CT molecular complexity index is 738. The van der Waals surface area contributed by atoms with Gasteiger partial charge in [0, 0.05) is 31.6 Å². The zero-order valence-electron chi connectivity index (χ0n) is 20.7. The quantitative estimate of drug-likeness (QED) is 0.156. The summed E-state index contributed by atoms with van der Waals surface area (Å²) in [6.45, 7) is 9.20. The Hall–Kier alpha value is -2.34. The van der Waals surface area contributed by atoms with E-state index in [0.717, 1.165) is 6.42 Å². The molecule has 0 spiro atoms. The Kier molecular flexibility index (Phi) is 12.7. The molecule has 1 aromatic carbocycles. The summed E-state index contributed by atoms with van der Waals surface area (Å²) in [5, 5.41) is 0. The summed E-state index contributed by atoms with van der Waals surface area (Å²) >= 11 is 0. The molecule has 0 amide bonds. The van der Waals surface area contributed by atoms with Crippen LogP contribution >= 0.6 is 0 Å². The molecular formula is C26H40O6. The van der Waals surface area contributed by atoms with E-state index in [2.05, 4.69) is 0 Å². The summed E-state index contributed by atoms with van der Waals surface area (Å²) in [4.78, 5) is 25.2. The van der Waals surface area contributed by atoms with Crippen molar-refractivity contribution >= 4 is 11.8 Å². The predicted molar refractivity (Wildman–Crippen MR) is 126 cm³/mol. The number of Topliss-reactive ketones (excluding diaryl/α,β-unsaturated/α-hetero) is 1. The molecule has 0 aromatic heterocycles. The molecular weight excluding hydrogens is 408 g/mol. The van der Waals surface area contributed by atoms with Crippen LogP contribution in [0.15, 0.2) is 30.4 Å². The number of carbonyl (C=O) groups is 2. The Morgan fingerprint density at radius 3 is 2.03 bits per heavy atom. The van der Waals surface area contributed by atoms with Crippen molar-refractivity contribution in [3.63, 3.8) is 0 Å². The number of carbonyl (C=O) groups excluding carboxylic acids is 2. The van der Waals surface area contributed by atoms with Crippen LogP contribution in [0.3, 0.4) is 0 Å². The van der Waals surface area contributed by atoms with Gasteiger partial charge in [0.1, 0.15) is 0 Å². The van der Waals surface area contributed by atoms with Crippen molar-refractivity contribution in [3.05, 3.63) is 35.9 Å². The Balaban J connectivity index is 2.90. The van der Waals surface area contributed by atoms with Gasteiger partial charge in [0.2, 0.25) is 0 Å². The molecule has 6 heteroatoms. The Morgan fingerprint density at radius 1 is 0.875 bits per heavy atom. The Morgan fingerprint density at radius 2 is 1.50 bits per heavy atom. The lowest BCUT2D eigenvalue weighted by Gasteiger charge is -2.20. The van der Waals surface area contributed by atoms with E-state index in [0.29, 0.717) is 43.1 Å². The first kappa shape index (κ1) is 27.7. The smallest absolute Gasteiger partial charge is 0.309 e. The van der Waals surface area contributed by atoms with Crippen LogP contribution in [-0.2, 0) is 14.3 Å². The van der Waals surface area contributed by atoms with Crippen LogP contribution in [0.5, 0.6) is 11.5 Å². The number of hydrogen-bond acceptors (Lipinski definition) is 6. The van der Waals surface area contributed by atoms with Crippen LogP contribution < -0.4 is 9.47 Å². The molecule has 0 fully saturated rings. The fraction of sp³-hybridized carbons (Fsp3) is 0.615. The highest BCUT2D eigenvalue weighted by atomic mass is 16.5. The number of ketones is 1. The maximum atomic E-state index is 13.3. The van der Waals surface area contributed by atoms with Gasteiger partial charge in [-0.3, -0.25) is 9.59 Å². The maximum absolute atomic E-state index is 13.3. The van der Waals surface area contributed by atoms with Gasteiger partial charge in [0.15, 0.2) is 17.3 Å². The van der Waals surface area contributed by atoms with Gasteiger partial charge >= 0.3 is 5.97 Å². The molecule has 6 nitrogen and oxygen atoms in total. The molecule has 0 aliphatic carbocycles. The first-order valence-corrected chi connectivity index (χ1v) is 11.3. The largest absolute Gasteiger partial charge is 0.493 e. The fourth-order valence-electron chi connectivity index (χ4n) is 3.50. The second-order valence-corrected chi connectivity index (χ2v) is 8.59. The average Bonchev–Trinajstić information content (AvgIpc) is 2.77. The summed E-state index contributed by atoms with van der Waals surface area (Å²) in [5.74, 6) is 1.05. The van der Waals surface area contributed by atoms with E-state index in [4.69, 9.17) is 18.9 Å². The molecule has 0 aliphatic rings. The molecule has 0 aliphatic heterocycles. The Labute approximate surface area is 193 Å². The molecule has 1 rings (SSSR count). The minimum Gasteiger partial charge on any atom is -0.493 e. The van der Waals surface area contributed by atoms with Crippen LogP contribution in [0, 0.1) is 23.7 Å². The number of esters is 1. The van der Waals surface area contributed by atoms with Crippen LogP contribution in [0.4, 0.5) is 0 Å². The summed E-state index contributed by atoms with van der Waals surface area (Å²) in [5.41, 5.74) is 0.606. The van der Waals surface area contributed by atoms with Gasteiger partial charge in [-0.25, -0.2) is 0 Å². The normalized spacial score (nSPS) is 13.4. The third-order valence-electron chi connectivity index (χ3n) is 5.60. The van der Waals surface area contributed by atoms with E-state index in [1.165, 1.54) is 7.11 Å². The molecule has 1 aromatic rings. The van der Waals surface area contributed by atoms with Gasteiger partial charge in [-0.2, -0.15) is 0 Å². The van der Waals surface area contributed by atoms with Crippen LogP contribution in [-0.4, -0.2) is 46.3 Å². The summed E-state index contributed by atoms with van der Waals surface area (Å²) in [7, 11) is 4.65. The number of hydrogen-bond donors (Lipinski definition) is 0. The molecule has 0 bridgehead atoms. The van der Waals surface area contributed by atoms with E-state index in [1.54, 1.807) is 32.4 Å². The van der Waals surface area contributed by atoms with E-state index in [1.807, 2.05) is 39.8 Å². The molecule has 2 atom stereocenters. The zero-order valence-corrected chi connectivity index (χ0v) is 20.7. The van der Waals surface area contributed by atoms with E-state index in [-0.39, 0.29) is 35.4 Å². The van der Waals surface area contributed by atoms with E-state index < -0.39 is 0 Å². The average molecular weight is 449 g/mol. The van der Waals surface area contributed by atoms with E-state index >= 15 is 0 Å². The lowest BCUT2D eigenvalue weighted by atomic mass is 9.84. The molecule has 2 unspecified atom stereocenters. The van der Waals surface area contributed by atoms with Crippen molar-refractivity contribution in [2.75, 3.05) is 34.5 Å². The molecule has 0 N–H and O–H groups in total. The predicted octanol–water partition coefficient (Wildman–Crippen LogP) is 5.35. The highest BCUT2D eigenvalue weighted by Crippen LogP contribution is 2.31. The summed E-state index contributed by atoms with van der Waals surface area (Å²) < 4.78 is 21.2.